The van der Waals surface area contributed by atoms with Gasteiger partial charge in [-0.3, -0.25) is 0 Å². The molecule has 1 saturated carbocycles. The third-order valence-corrected chi connectivity index (χ3v) is 5.01. The molecule has 2 aromatic rings. The number of thiazole rings is 1. The molecule has 1 aliphatic carbocycles. The van der Waals surface area contributed by atoms with Crippen LogP contribution in [0.5, 0.6) is 11.5 Å². The number of nitrogens with one attached hydrogen (secondary N) is 1. The number of benzene rings is 1. The Hall–Kier alpha value is -1.59. The van der Waals surface area contributed by atoms with Crippen molar-refractivity contribution in [3.05, 3.63) is 39.8 Å². The minimum atomic E-state index is 0.373. The average molecular weight is 316 g/mol. The lowest BCUT2D eigenvalue weighted by molar-refractivity contribution is 0.171. The molecule has 1 aromatic carbocycles. The summed E-state index contributed by atoms with van der Waals surface area (Å²) in [5, 5.41) is 6.94. The molecule has 5 heteroatoms. The molecule has 4 nitrogen and oxygen atoms in total. The molecule has 0 amide bonds. The molecule has 1 atom stereocenters. The van der Waals surface area contributed by atoms with Gasteiger partial charge in [-0.1, -0.05) is 6.07 Å². The molecule has 0 saturated heterocycles. The molecule has 1 aromatic heterocycles. The molecular formula is C17H20N2O2S. The number of nitrogens with zero attached hydrogens (tertiary/aromatic N) is 1. The first-order chi connectivity index (χ1) is 10.8. The van der Waals surface area contributed by atoms with Crippen LogP contribution in [0.1, 0.15) is 35.1 Å². The smallest absolute Gasteiger partial charge is 0.161 e. The first-order valence-electron chi connectivity index (χ1n) is 7.83. The van der Waals surface area contributed by atoms with Crippen LogP contribution in [0.4, 0.5) is 0 Å². The lowest BCUT2D eigenvalue weighted by atomic mass is 10.0. The summed E-state index contributed by atoms with van der Waals surface area (Å²) in [7, 11) is 0. The summed E-state index contributed by atoms with van der Waals surface area (Å²) in [6.45, 7) is 4.14. The fourth-order valence-electron chi connectivity index (χ4n) is 2.94. The molecule has 1 fully saturated rings. The Morgan fingerprint density at radius 2 is 2.09 bits per heavy atom. The van der Waals surface area contributed by atoms with Gasteiger partial charge in [0, 0.05) is 18.0 Å². The first kappa shape index (κ1) is 14.0. The summed E-state index contributed by atoms with van der Waals surface area (Å²) in [5.41, 5.74) is 2.42. The van der Waals surface area contributed by atoms with Gasteiger partial charge in [0.25, 0.3) is 0 Å². The normalized spacial score (nSPS) is 18.2. The third kappa shape index (κ3) is 2.96. The van der Waals surface area contributed by atoms with Gasteiger partial charge < -0.3 is 14.8 Å². The van der Waals surface area contributed by atoms with Crippen molar-refractivity contribution in [3.63, 3.8) is 0 Å². The van der Waals surface area contributed by atoms with Crippen LogP contribution in [0.25, 0.3) is 0 Å². The van der Waals surface area contributed by atoms with E-state index in [4.69, 9.17) is 9.47 Å². The highest BCUT2D eigenvalue weighted by molar-refractivity contribution is 7.09. The maximum absolute atomic E-state index is 5.72. The third-order valence-electron chi connectivity index (χ3n) is 4.19. The number of fused-ring (bicyclic) bond motifs is 1. The second kappa shape index (κ2) is 5.89. The van der Waals surface area contributed by atoms with E-state index in [1.807, 2.05) is 13.0 Å². The summed E-state index contributed by atoms with van der Waals surface area (Å²) in [6.07, 6.45) is 2.59. The number of aryl methyl sites for hydroxylation is 1. The van der Waals surface area contributed by atoms with E-state index in [9.17, 15) is 0 Å². The molecule has 116 valence electrons. The Bertz CT molecular complexity index is 666. The number of rotatable bonds is 5. The van der Waals surface area contributed by atoms with E-state index < -0.39 is 0 Å². The zero-order valence-electron chi connectivity index (χ0n) is 12.7. The quantitative estimate of drug-likeness (QED) is 0.917. The van der Waals surface area contributed by atoms with Gasteiger partial charge in [0.2, 0.25) is 0 Å². The summed E-state index contributed by atoms with van der Waals surface area (Å²) in [4.78, 5) is 4.54. The summed E-state index contributed by atoms with van der Waals surface area (Å²) in [5.74, 6) is 2.46. The number of hydrogen-bond donors (Lipinski definition) is 1. The van der Waals surface area contributed by atoms with Gasteiger partial charge in [-0.25, -0.2) is 4.98 Å². The fraction of sp³-hybridized carbons (Fsp3) is 0.471. The molecule has 0 spiro atoms. The largest absolute Gasteiger partial charge is 0.486 e. The Morgan fingerprint density at radius 1 is 1.27 bits per heavy atom. The summed E-state index contributed by atoms with van der Waals surface area (Å²) >= 11 is 1.71. The van der Waals surface area contributed by atoms with Crippen molar-refractivity contribution in [1.82, 2.24) is 10.3 Å². The van der Waals surface area contributed by atoms with Gasteiger partial charge in [-0.15, -0.1) is 11.3 Å². The lowest BCUT2D eigenvalue weighted by Crippen LogP contribution is -2.23. The molecule has 0 unspecified atom stereocenters. The predicted molar refractivity (Wildman–Crippen MR) is 86.6 cm³/mol. The highest BCUT2D eigenvalue weighted by Crippen LogP contribution is 2.43. The van der Waals surface area contributed by atoms with E-state index in [0.29, 0.717) is 19.3 Å². The SMILES string of the molecule is Cc1nc(CN[C@@H](c2ccc3c(c2)OCCO3)C2CC2)cs1. The Morgan fingerprint density at radius 3 is 2.82 bits per heavy atom. The molecular weight excluding hydrogens is 296 g/mol. The topological polar surface area (TPSA) is 43.4 Å². The maximum Gasteiger partial charge on any atom is 0.161 e. The van der Waals surface area contributed by atoms with Crippen molar-refractivity contribution in [2.45, 2.75) is 32.4 Å². The number of aromatic nitrogens is 1. The van der Waals surface area contributed by atoms with E-state index >= 15 is 0 Å². The number of hydrogen-bond acceptors (Lipinski definition) is 5. The second-order valence-electron chi connectivity index (χ2n) is 5.96. The van der Waals surface area contributed by atoms with E-state index in [0.717, 1.165) is 34.7 Å². The first-order valence-corrected chi connectivity index (χ1v) is 8.71. The van der Waals surface area contributed by atoms with Crippen molar-refractivity contribution in [3.8, 4) is 11.5 Å². The Balaban J connectivity index is 1.51. The minimum Gasteiger partial charge on any atom is -0.486 e. The van der Waals surface area contributed by atoms with Gasteiger partial charge in [0.15, 0.2) is 11.5 Å². The van der Waals surface area contributed by atoms with Crippen molar-refractivity contribution < 1.29 is 9.47 Å². The summed E-state index contributed by atoms with van der Waals surface area (Å²) in [6, 6.07) is 6.71. The van der Waals surface area contributed by atoms with Crippen LogP contribution >= 0.6 is 11.3 Å². The van der Waals surface area contributed by atoms with Crippen LogP contribution in [0.15, 0.2) is 23.6 Å². The Labute approximate surface area is 134 Å². The van der Waals surface area contributed by atoms with Crippen LogP contribution in [-0.2, 0) is 6.54 Å². The molecule has 22 heavy (non-hydrogen) atoms. The predicted octanol–water partition coefficient (Wildman–Crippen LogP) is 3.46. The number of ether oxygens (including phenoxy) is 2. The van der Waals surface area contributed by atoms with E-state index in [1.54, 1.807) is 11.3 Å². The highest BCUT2D eigenvalue weighted by atomic mass is 32.1. The van der Waals surface area contributed by atoms with Crippen molar-refractivity contribution in [2.24, 2.45) is 5.92 Å². The van der Waals surface area contributed by atoms with Gasteiger partial charge in [-0.05, 0) is 43.4 Å². The minimum absolute atomic E-state index is 0.373. The molecule has 1 aliphatic heterocycles. The molecule has 0 bridgehead atoms. The van der Waals surface area contributed by atoms with Gasteiger partial charge in [-0.2, -0.15) is 0 Å². The van der Waals surface area contributed by atoms with Crippen LogP contribution in [0, 0.1) is 12.8 Å². The molecule has 2 heterocycles. The van der Waals surface area contributed by atoms with Crippen molar-refractivity contribution >= 4 is 11.3 Å². The second-order valence-corrected chi connectivity index (χ2v) is 7.02. The molecule has 4 rings (SSSR count). The average Bonchev–Trinajstić information content (AvgIpc) is 3.29. The van der Waals surface area contributed by atoms with Crippen LogP contribution in [-0.4, -0.2) is 18.2 Å². The standard InChI is InChI=1S/C17H20N2O2S/c1-11-19-14(10-22-11)9-18-17(12-2-3-12)13-4-5-15-16(8-13)21-7-6-20-15/h4-5,8,10,12,17-18H,2-3,6-7,9H2,1H3/t17-/m1/s1. The summed E-state index contributed by atoms with van der Waals surface area (Å²) < 4.78 is 11.3. The van der Waals surface area contributed by atoms with E-state index in [-0.39, 0.29) is 0 Å². The van der Waals surface area contributed by atoms with Gasteiger partial charge in [0.1, 0.15) is 13.2 Å². The highest BCUT2D eigenvalue weighted by Gasteiger charge is 2.32. The maximum atomic E-state index is 5.72. The van der Waals surface area contributed by atoms with Gasteiger partial charge >= 0.3 is 0 Å². The molecule has 0 radical (unpaired) electrons. The zero-order valence-corrected chi connectivity index (χ0v) is 13.5. The fourth-order valence-corrected chi connectivity index (χ4v) is 3.56. The van der Waals surface area contributed by atoms with Gasteiger partial charge in [0.05, 0.1) is 10.7 Å². The van der Waals surface area contributed by atoms with Crippen molar-refractivity contribution in [2.75, 3.05) is 13.2 Å². The van der Waals surface area contributed by atoms with Crippen molar-refractivity contribution in [1.29, 1.82) is 0 Å². The zero-order chi connectivity index (χ0) is 14.9. The molecule has 1 N–H and O–H groups in total. The van der Waals surface area contributed by atoms with E-state index in [1.165, 1.54) is 18.4 Å². The van der Waals surface area contributed by atoms with Crippen LogP contribution in [0.3, 0.4) is 0 Å². The van der Waals surface area contributed by atoms with Crippen LogP contribution < -0.4 is 14.8 Å². The Kier molecular flexibility index (Phi) is 3.76. The van der Waals surface area contributed by atoms with E-state index in [2.05, 4.69) is 27.8 Å². The lowest BCUT2D eigenvalue weighted by Gasteiger charge is -2.23. The monoisotopic (exact) mass is 316 g/mol. The van der Waals surface area contributed by atoms with Crippen LogP contribution in [0.2, 0.25) is 0 Å². The molecule has 2 aliphatic rings.